The van der Waals surface area contributed by atoms with Crippen LogP contribution >= 0.6 is 35.6 Å². The summed E-state index contributed by atoms with van der Waals surface area (Å²) < 4.78 is 0. The molecule has 0 aliphatic heterocycles. The highest BCUT2D eigenvalue weighted by molar-refractivity contribution is 14.0. The van der Waals surface area contributed by atoms with Gasteiger partial charge in [0.15, 0.2) is 5.96 Å². The molecule has 3 N–H and O–H groups in total. The first kappa shape index (κ1) is 22.0. The summed E-state index contributed by atoms with van der Waals surface area (Å²) in [5, 5.41) is 10.0. The van der Waals surface area contributed by atoms with Gasteiger partial charge in [-0.15, -0.1) is 24.0 Å². The fourth-order valence-corrected chi connectivity index (χ4v) is 2.17. The molecule has 0 saturated carbocycles. The lowest BCUT2D eigenvalue weighted by Gasteiger charge is -2.19. The van der Waals surface area contributed by atoms with Gasteiger partial charge in [-0.3, -0.25) is 9.79 Å². The minimum absolute atomic E-state index is 0. The zero-order valence-corrected chi connectivity index (χ0v) is 17.1. The third kappa shape index (κ3) is 7.87. The summed E-state index contributed by atoms with van der Waals surface area (Å²) in [6.45, 7) is 6.92. The molecule has 0 spiro atoms. The van der Waals surface area contributed by atoms with Crippen molar-refractivity contribution in [3.63, 3.8) is 0 Å². The van der Waals surface area contributed by atoms with E-state index in [0.717, 1.165) is 10.6 Å². The van der Waals surface area contributed by atoms with Crippen molar-refractivity contribution in [2.24, 2.45) is 10.9 Å². The highest BCUT2D eigenvalue weighted by atomic mass is 127. The Kier molecular flexibility index (Phi) is 11.0. The van der Waals surface area contributed by atoms with Crippen LogP contribution in [0.2, 0.25) is 5.02 Å². The van der Waals surface area contributed by atoms with E-state index in [4.69, 9.17) is 11.6 Å². The summed E-state index contributed by atoms with van der Waals surface area (Å²) in [7, 11) is 1.71. The minimum atomic E-state index is -0.00215. The molecule has 0 saturated heterocycles. The maximum Gasteiger partial charge on any atom is 0.222 e. The monoisotopic (exact) mass is 452 g/mol. The molecular formula is C16H26ClIN4O. The Balaban J connectivity index is 0.00000484. The van der Waals surface area contributed by atoms with Gasteiger partial charge in [0.25, 0.3) is 0 Å². The maximum atomic E-state index is 11.5. The molecule has 0 bridgehead atoms. The Morgan fingerprint density at radius 3 is 2.35 bits per heavy atom. The van der Waals surface area contributed by atoms with Gasteiger partial charge >= 0.3 is 0 Å². The van der Waals surface area contributed by atoms with Crippen molar-refractivity contribution in [2.45, 2.75) is 26.8 Å². The number of hydrogen-bond acceptors (Lipinski definition) is 2. The van der Waals surface area contributed by atoms with Gasteiger partial charge in [0.2, 0.25) is 5.91 Å². The quantitative estimate of drug-likeness (QED) is 0.269. The molecule has 0 aliphatic carbocycles. The van der Waals surface area contributed by atoms with Crippen LogP contribution in [-0.2, 0) is 4.79 Å². The van der Waals surface area contributed by atoms with Gasteiger partial charge in [-0.1, -0.05) is 43.6 Å². The fourth-order valence-electron chi connectivity index (χ4n) is 1.87. The van der Waals surface area contributed by atoms with Crippen LogP contribution in [0.1, 0.15) is 32.4 Å². The summed E-state index contributed by atoms with van der Waals surface area (Å²) in [6.07, 6.45) is 0. The van der Waals surface area contributed by atoms with Crippen LogP contribution in [0, 0.1) is 5.92 Å². The SMILES string of the molecule is CN=C(NCCNC(=O)C(C)C)NC(C)c1ccccc1Cl.I. The fraction of sp³-hybridized carbons (Fsp3) is 0.500. The zero-order valence-electron chi connectivity index (χ0n) is 14.0. The van der Waals surface area contributed by atoms with Crippen LogP contribution in [-0.4, -0.2) is 32.0 Å². The second kappa shape index (κ2) is 11.5. The number of aliphatic imine (C=N–C) groups is 1. The van der Waals surface area contributed by atoms with E-state index >= 15 is 0 Å². The molecule has 0 aromatic heterocycles. The maximum absolute atomic E-state index is 11.5. The van der Waals surface area contributed by atoms with E-state index in [9.17, 15) is 4.79 Å². The van der Waals surface area contributed by atoms with E-state index in [-0.39, 0.29) is 41.8 Å². The number of nitrogens with one attached hydrogen (secondary N) is 3. The predicted molar refractivity (Wildman–Crippen MR) is 108 cm³/mol. The third-order valence-electron chi connectivity index (χ3n) is 3.19. The van der Waals surface area contributed by atoms with Crippen LogP contribution in [0.25, 0.3) is 0 Å². The zero-order chi connectivity index (χ0) is 16.5. The number of halogens is 2. The van der Waals surface area contributed by atoms with Gasteiger partial charge in [-0.2, -0.15) is 0 Å². The van der Waals surface area contributed by atoms with Gasteiger partial charge in [0, 0.05) is 31.1 Å². The van der Waals surface area contributed by atoms with Gasteiger partial charge < -0.3 is 16.0 Å². The Labute approximate surface area is 160 Å². The average molecular weight is 453 g/mol. The number of carbonyl (C=O) groups is 1. The molecule has 0 aliphatic rings. The van der Waals surface area contributed by atoms with Crippen LogP contribution < -0.4 is 16.0 Å². The van der Waals surface area contributed by atoms with E-state index in [1.165, 1.54) is 0 Å². The smallest absolute Gasteiger partial charge is 0.222 e. The van der Waals surface area contributed by atoms with Crippen molar-refractivity contribution in [3.05, 3.63) is 34.9 Å². The second-order valence-corrected chi connectivity index (χ2v) is 5.74. The van der Waals surface area contributed by atoms with Gasteiger partial charge in [-0.05, 0) is 18.6 Å². The number of rotatable bonds is 6. The van der Waals surface area contributed by atoms with E-state index < -0.39 is 0 Å². The summed E-state index contributed by atoms with van der Waals surface area (Å²) in [5.74, 6) is 0.720. The largest absolute Gasteiger partial charge is 0.355 e. The molecule has 1 rings (SSSR count). The number of nitrogens with zero attached hydrogens (tertiary/aromatic N) is 1. The van der Waals surface area contributed by atoms with Crippen LogP contribution in [0.3, 0.4) is 0 Å². The number of guanidine groups is 1. The minimum Gasteiger partial charge on any atom is -0.355 e. The molecule has 0 fully saturated rings. The standard InChI is InChI=1S/C16H25ClN4O.HI/c1-11(2)15(22)19-9-10-20-16(18-4)21-12(3)13-7-5-6-8-14(13)17;/h5-8,11-12H,9-10H2,1-4H3,(H,19,22)(H2,18,20,21);1H. The van der Waals surface area contributed by atoms with Crippen LogP contribution in [0.5, 0.6) is 0 Å². The molecule has 1 aromatic rings. The normalized spacial score (nSPS) is 12.3. The summed E-state index contributed by atoms with van der Waals surface area (Å²) >= 11 is 6.19. The number of amides is 1. The first-order valence-corrected chi connectivity index (χ1v) is 7.82. The molecule has 1 unspecified atom stereocenters. The molecule has 7 heteroatoms. The highest BCUT2D eigenvalue weighted by Crippen LogP contribution is 2.21. The lowest BCUT2D eigenvalue weighted by atomic mass is 10.1. The van der Waals surface area contributed by atoms with Crippen molar-refractivity contribution in [3.8, 4) is 0 Å². The molecule has 130 valence electrons. The molecule has 1 amide bonds. The summed E-state index contributed by atoms with van der Waals surface area (Å²) in [4.78, 5) is 15.6. The Morgan fingerprint density at radius 1 is 1.17 bits per heavy atom. The molecule has 23 heavy (non-hydrogen) atoms. The van der Waals surface area contributed by atoms with Crippen molar-refractivity contribution in [1.82, 2.24) is 16.0 Å². The molecule has 5 nitrogen and oxygen atoms in total. The second-order valence-electron chi connectivity index (χ2n) is 5.33. The number of hydrogen-bond donors (Lipinski definition) is 3. The molecular weight excluding hydrogens is 427 g/mol. The first-order valence-electron chi connectivity index (χ1n) is 7.45. The average Bonchev–Trinajstić information content (AvgIpc) is 2.50. The predicted octanol–water partition coefficient (Wildman–Crippen LogP) is 2.96. The Hall–Kier alpha value is -1.02. The number of carbonyl (C=O) groups excluding carboxylic acids is 1. The van der Waals surface area contributed by atoms with E-state index in [1.807, 2.05) is 45.0 Å². The van der Waals surface area contributed by atoms with Gasteiger partial charge in [0.05, 0.1) is 6.04 Å². The Morgan fingerprint density at radius 2 is 1.78 bits per heavy atom. The molecule has 1 aromatic carbocycles. The van der Waals surface area contributed by atoms with Crippen molar-refractivity contribution in [2.75, 3.05) is 20.1 Å². The number of benzene rings is 1. The van der Waals surface area contributed by atoms with Crippen molar-refractivity contribution >= 4 is 47.4 Å². The first-order chi connectivity index (χ1) is 10.5. The van der Waals surface area contributed by atoms with Crippen LogP contribution in [0.4, 0.5) is 0 Å². The lowest BCUT2D eigenvalue weighted by Crippen LogP contribution is -2.42. The van der Waals surface area contributed by atoms with Crippen LogP contribution in [0.15, 0.2) is 29.3 Å². The van der Waals surface area contributed by atoms with Crippen molar-refractivity contribution in [1.29, 1.82) is 0 Å². The molecule has 0 heterocycles. The Bertz CT molecular complexity index is 523. The summed E-state index contributed by atoms with van der Waals surface area (Å²) in [5.41, 5.74) is 1.01. The van der Waals surface area contributed by atoms with E-state index in [0.29, 0.717) is 19.0 Å². The highest BCUT2D eigenvalue weighted by Gasteiger charge is 2.10. The van der Waals surface area contributed by atoms with E-state index in [1.54, 1.807) is 7.05 Å². The topological polar surface area (TPSA) is 65.5 Å². The van der Waals surface area contributed by atoms with Crippen molar-refractivity contribution < 1.29 is 4.79 Å². The lowest BCUT2D eigenvalue weighted by molar-refractivity contribution is -0.123. The third-order valence-corrected chi connectivity index (χ3v) is 3.53. The van der Waals surface area contributed by atoms with Gasteiger partial charge in [0.1, 0.15) is 0 Å². The molecule has 1 atom stereocenters. The van der Waals surface area contributed by atoms with E-state index in [2.05, 4.69) is 20.9 Å². The van der Waals surface area contributed by atoms with Gasteiger partial charge in [-0.25, -0.2) is 0 Å². The summed E-state index contributed by atoms with van der Waals surface area (Å²) in [6, 6.07) is 7.74. The molecule has 0 radical (unpaired) electrons.